The number of hydrogen-bond acceptors (Lipinski definition) is 4. The highest BCUT2D eigenvalue weighted by atomic mass is 16.2. The number of amides is 2. The first kappa shape index (κ1) is 15.9. The fraction of sp³-hybridized carbons (Fsp3) is 0.500. The number of nitrogens with zero attached hydrogens (tertiary/aromatic N) is 5. The maximum Gasteiger partial charge on any atom is 0.322 e. The predicted molar refractivity (Wildman–Crippen MR) is 96.5 cm³/mol. The van der Waals surface area contributed by atoms with E-state index < -0.39 is 0 Å². The van der Waals surface area contributed by atoms with E-state index in [-0.39, 0.29) is 6.03 Å². The predicted octanol–water partition coefficient (Wildman–Crippen LogP) is 2.61. The average Bonchev–Trinajstić information content (AvgIpc) is 3.13. The quantitative estimate of drug-likeness (QED) is 0.908. The standard InChI is InChI=1S/C18H24N6O/c1-22-12-14(11-20-22)13-24(15-6-7-15)18(25)21-16-5-4-8-19-17(16)23-9-2-3-10-23/h4-5,8,11-12,15H,2-3,6-7,9-10,13H2,1H3,(H,21,25). The first-order chi connectivity index (χ1) is 12.2. The van der Waals surface area contributed by atoms with Gasteiger partial charge in [0.05, 0.1) is 18.4 Å². The molecular formula is C18H24N6O. The lowest BCUT2D eigenvalue weighted by Crippen LogP contribution is -2.36. The van der Waals surface area contributed by atoms with Crippen LogP contribution in [0.1, 0.15) is 31.2 Å². The van der Waals surface area contributed by atoms with Crippen LogP contribution in [0.3, 0.4) is 0 Å². The Kier molecular flexibility index (Phi) is 4.29. The van der Waals surface area contributed by atoms with Crippen LogP contribution in [-0.2, 0) is 13.6 Å². The summed E-state index contributed by atoms with van der Waals surface area (Å²) in [6.07, 6.45) is 10.1. The monoisotopic (exact) mass is 340 g/mol. The summed E-state index contributed by atoms with van der Waals surface area (Å²) in [5, 5.41) is 7.29. The van der Waals surface area contributed by atoms with Crippen molar-refractivity contribution in [2.75, 3.05) is 23.3 Å². The van der Waals surface area contributed by atoms with Crippen molar-refractivity contribution in [1.82, 2.24) is 19.7 Å². The first-order valence-electron chi connectivity index (χ1n) is 8.96. The highest BCUT2D eigenvalue weighted by molar-refractivity contribution is 5.92. The van der Waals surface area contributed by atoms with Gasteiger partial charge in [-0.25, -0.2) is 9.78 Å². The maximum atomic E-state index is 12.9. The summed E-state index contributed by atoms with van der Waals surface area (Å²) in [4.78, 5) is 21.6. The van der Waals surface area contributed by atoms with Crippen molar-refractivity contribution < 1.29 is 4.79 Å². The van der Waals surface area contributed by atoms with Gasteiger partial charge >= 0.3 is 6.03 Å². The summed E-state index contributed by atoms with van der Waals surface area (Å²) in [6, 6.07) is 4.08. The van der Waals surface area contributed by atoms with Gasteiger partial charge in [-0.1, -0.05) is 0 Å². The Balaban J connectivity index is 1.50. The summed E-state index contributed by atoms with van der Waals surface area (Å²) in [5.74, 6) is 0.880. The van der Waals surface area contributed by atoms with Gasteiger partial charge in [0.15, 0.2) is 5.82 Å². The highest BCUT2D eigenvalue weighted by Crippen LogP contribution is 2.31. The van der Waals surface area contributed by atoms with Crippen LogP contribution in [0.5, 0.6) is 0 Å². The molecule has 2 aromatic heterocycles. The molecule has 1 saturated carbocycles. The Labute approximate surface area is 147 Å². The van der Waals surface area contributed by atoms with E-state index in [1.165, 1.54) is 12.8 Å². The van der Waals surface area contributed by atoms with Gasteiger partial charge < -0.3 is 15.1 Å². The van der Waals surface area contributed by atoms with Crippen molar-refractivity contribution >= 4 is 17.5 Å². The fourth-order valence-electron chi connectivity index (χ4n) is 3.37. The molecule has 1 saturated heterocycles. The van der Waals surface area contributed by atoms with Crippen molar-refractivity contribution in [3.05, 3.63) is 36.3 Å². The van der Waals surface area contributed by atoms with Crippen LogP contribution in [0.4, 0.5) is 16.3 Å². The zero-order valence-electron chi connectivity index (χ0n) is 14.6. The number of rotatable bonds is 5. The maximum absolute atomic E-state index is 12.9. The number of nitrogens with one attached hydrogen (secondary N) is 1. The summed E-state index contributed by atoms with van der Waals surface area (Å²) < 4.78 is 1.77. The molecule has 2 aliphatic rings. The molecule has 0 atom stereocenters. The number of anilines is 2. The molecule has 4 rings (SSSR count). The Morgan fingerprint density at radius 2 is 2.16 bits per heavy atom. The molecule has 7 heteroatoms. The van der Waals surface area contributed by atoms with E-state index in [9.17, 15) is 4.79 Å². The summed E-state index contributed by atoms with van der Waals surface area (Å²) in [7, 11) is 1.89. The smallest absolute Gasteiger partial charge is 0.322 e. The minimum Gasteiger partial charge on any atom is -0.355 e. The van der Waals surface area contributed by atoms with Crippen molar-refractivity contribution in [1.29, 1.82) is 0 Å². The molecule has 0 radical (unpaired) electrons. The average molecular weight is 340 g/mol. The van der Waals surface area contributed by atoms with Crippen LogP contribution < -0.4 is 10.2 Å². The molecule has 0 spiro atoms. The van der Waals surface area contributed by atoms with Crippen molar-refractivity contribution in [2.24, 2.45) is 7.05 Å². The van der Waals surface area contributed by atoms with Crippen LogP contribution in [-0.4, -0.2) is 44.8 Å². The van der Waals surface area contributed by atoms with Crippen molar-refractivity contribution in [3.63, 3.8) is 0 Å². The van der Waals surface area contributed by atoms with E-state index in [4.69, 9.17) is 0 Å². The minimum absolute atomic E-state index is 0.0557. The van der Waals surface area contributed by atoms with E-state index in [2.05, 4.69) is 20.3 Å². The molecule has 1 aliphatic carbocycles. The zero-order valence-corrected chi connectivity index (χ0v) is 14.6. The fourth-order valence-corrected chi connectivity index (χ4v) is 3.37. The number of aromatic nitrogens is 3. The van der Waals surface area contributed by atoms with Gasteiger partial charge in [0.25, 0.3) is 0 Å². The van der Waals surface area contributed by atoms with Gasteiger partial charge in [-0.15, -0.1) is 0 Å². The molecule has 1 N–H and O–H groups in total. The Hall–Kier alpha value is -2.57. The molecule has 2 fully saturated rings. The molecule has 2 amide bonds. The zero-order chi connectivity index (χ0) is 17.2. The molecule has 0 unspecified atom stereocenters. The topological polar surface area (TPSA) is 66.3 Å². The Morgan fingerprint density at radius 1 is 1.36 bits per heavy atom. The largest absolute Gasteiger partial charge is 0.355 e. The van der Waals surface area contributed by atoms with Gasteiger partial charge in [-0.05, 0) is 37.8 Å². The van der Waals surface area contributed by atoms with Crippen LogP contribution in [0.25, 0.3) is 0 Å². The number of aryl methyl sites for hydroxylation is 1. The van der Waals surface area contributed by atoms with Gasteiger partial charge in [-0.3, -0.25) is 4.68 Å². The summed E-state index contributed by atoms with van der Waals surface area (Å²) >= 11 is 0. The lowest BCUT2D eigenvalue weighted by Gasteiger charge is -2.25. The van der Waals surface area contributed by atoms with E-state index >= 15 is 0 Å². The second kappa shape index (κ2) is 6.74. The number of urea groups is 1. The molecular weight excluding hydrogens is 316 g/mol. The van der Waals surface area contributed by atoms with Crippen molar-refractivity contribution in [3.8, 4) is 0 Å². The summed E-state index contributed by atoms with van der Waals surface area (Å²) in [5.41, 5.74) is 1.85. The molecule has 0 bridgehead atoms. The summed E-state index contributed by atoms with van der Waals surface area (Å²) in [6.45, 7) is 2.59. The second-order valence-corrected chi connectivity index (χ2v) is 6.88. The molecule has 25 heavy (non-hydrogen) atoms. The molecule has 0 aromatic carbocycles. The first-order valence-corrected chi connectivity index (χ1v) is 8.96. The van der Waals surface area contributed by atoms with E-state index in [1.807, 2.05) is 36.5 Å². The van der Waals surface area contributed by atoms with Gasteiger partial charge in [0.1, 0.15) is 0 Å². The molecule has 2 aromatic rings. The second-order valence-electron chi connectivity index (χ2n) is 6.88. The highest BCUT2D eigenvalue weighted by Gasteiger charge is 2.33. The molecule has 3 heterocycles. The van der Waals surface area contributed by atoms with E-state index in [1.54, 1.807) is 10.9 Å². The lowest BCUT2D eigenvalue weighted by atomic mass is 10.3. The van der Waals surface area contributed by atoms with Gasteiger partial charge in [0.2, 0.25) is 0 Å². The van der Waals surface area contributed by atoms with E-state index in [0.29, 0.717) is 12.6 Å². The lowest BCUT2D eigenvalue weighted by molar-refractivity contribution is 0.206. The molecule has 132 valence electrons. The minimum atomic E-state index is -0.0557. The number of hydrogen-bond donors (Lipinski definition) is 1. The molecule has 1 aliphatic heterocycles. The van der Waals surface area contributed by atoms with Gasteiger partial charge in [0, 0.05) is 44.1 Å². The number of pyridine rings is 1. The Bertz CT molecular complexity index is 748. The van der Waals surface area contributed by atoms with Crippen LogP contribution in [0.2, 0.25) is 0 Å². The normalized spacial score (nSPS) is 16.9. The third-order valence-corrected chi connectivity index (χ3v) is 4.79. The van der Waals surface area contributed by atoms with Crippen molar-refractivity contribution in [2.45, 2.75) is 38.3 Å². The van der Waals surface area contributed by atoms with E-state index in [0.717, 1.165) is 43.0 Å². The van der Waals surface area contributed by atoms with Gasteiger partial charge in [-0.2, -0.15) is 5.10 Å². The van der Waals surface area contributed by atoms with Crippen LogP contribution >= 0.6 is 0 Å². The third kappa shape index (κ3) is 3.60. The number of carbonyl (C=O) groups excluding carboxylic acids is 1. The Morgan fingerprint density at radius 3 is 2.84 bits per heavy atom. The third-order valence-electron chi connectivity index (χ3n) is 4.79. The molecule has 7 nitrogen and oxygen atoms in total. The van der Waals surface area contributed by atoms with Crippen LogP contribution in [0, 0.1) is 0 Å². The number of carbonyl (C=O) groups is 1. The van der Waals surface area contributed by atoms with Crippen LogP contribution in [0.15, 0.2) is 30.7 Å². The SMILES string of the molecule is Cn1cc(CN(C(=O)Nc2cccnc2N2CCCC2)C2CC2)cn1.